The van der Waals surface area contributed by atoms with Crippen molar-refractivity contribution in [2.24, 2.45) is 0 Å². The first-order valence-electron chi connectivity index (χ1n) is 5.44. The van der Waals surface area contributed by atoms with E-state index in [-0.39, 0.29) is 11.5 Å². The largest absolute Gasteiger partial charge is 0.421 e. The lowest BCUT2D eigenvalue weighted by Gasteiger charge is -1.97. The van der Waals surface area contributed by atoms with Crippen molar-refractivity contribution < 1.29 is 8.81 Å². The average Bonchev–Trinajstić information content (AvgIpc) is 2.79. The Bertz CT molecular complexity index is 486. The van der Waals surface area contributed by atoms with Crippen LogP contribution in [-0.2, 0) is 6.42 Å². The molecule has 2 heterocycles. The van der Waals surface area contributed by atoms with Crippen molar-refractivity contribution in [1.29, 1.82) is 0 Å². The van der Waals surface area contributed by atoms with Gasteiger partial charge in [0.15, 0.2) is 5.82 Å². The summed E-state index contributed by atoms with van der Waals surface area (Å²) in [7, 11) is 0. The van der Waals surface area contributed by atoms with Crippen molar-refractivity contribution in [3.05, 3.63) is 30.2 Å². The second-order valence-corrected chi connectivity index (χ2v) is 3.46. The molecule has 17 heavy (non-hydrogen) atoms. The molecular formula is C11H13FN4O. The van der Waals surface area contributed by atoms with Crippen LogP contribution in [0.25, 0.3) is 11.5 Å². The molecule has 6 heteroatoms. The van der Waals surface area contributed by atoms with Crippen LogP contribution in [0.4, 0.5) is 4.39 Å². The molecule has 0 aliphatic carbocycles. The van der Waals surface area contributed by atoms with Gasteiger partial charge < -0.3 is 9.73 Å². The predicted molar refractivity (Wildman–Crippen MR) is 59.7 cm³/mol. The molecule has 0 aliphatic rings. The van der Waals surface area contributed by atoms with Crippen molar-refractivity contribution in [3.63, 3.8) is 0 Å². The van der Waals surface area contributed by atoms with Crippen molar-refractivity contribution in [1.82, 2.24) is 20.5 Å². The smallest absolute Gasteiger partial charge is 0.250 e. The zero-order chi connectivity index (χ0) is 12.1. The third kappa shape index (κ3) is 2.85. The van der Waals surface area contributed by atoms with Crippen molar-refractivity contribution in [3.8, 4) is 11.5 Å². The van der Waals surface area contributed by atoms with E-state index in [1.54, 1.807) is 0 Å². The van der Waals surface area contributed by atoms with Gasteiger partial charge in [0, 0.05) is 19.2 Å². The predicted octanol–water partition coefficient (Wildman–Crippen LogP) is 1.42. The highest BCUT2D eigenvalue weighted by Crippen LogP contribution is 2.19. The standard InChI is InChI=1S/C11H13FN4O/c1-2-13-6-4-10-15-16-11(17-10)8-3-5-14-7-9(8)12/h3,5,7,13H,2,4,6H2,1H3. The van der Waals surface area contributed by atoms with Crippen LogP contribution in [0.1, 0.15) is 12.8 Å². The topological polar surface area (TPSA) is 63.8 Å². The van der Waals surface area contributed by atoms with Gasteiger partial charge in [-0.1, -0.05) is 6.92 Å². The monoisotopic (exact) mass is 236 g/mol. The maximum atomic E-state index is 13.4. The molecule has 90 valence electrons. The summed E-state index contributed by atoms with van der Waals surface area (Å²) in [5, 5.41) is 10.8. The molecule has 5 nitrogen and oxygen atoms in total. The number of likely N-dealkylation sites (N-methyl/N-ethyl adjacent to an activating group) is 1. The van der Waals surface area contributed by atoms with Crippen molar-refractivity contribution in [2.75, 3.05) is 13.1 Å². The van der Waals surface area contributed by atoms with Gasteiger partial charge in [0.05, 0.1) is 11.8 Å². The normalized spacial score (nSPS) is 10.7. The minimum absolute atomic E-state index is 0.191. The lowest BCUT2D eigenvalue weighted by atomic mass is 10.2. The number of nitrogens with zero attached hydrogens (tertiary/aromatic N) is 3. The van der Waals surface area contributed by atoms with Gasteiger partial charge in [0.25, 0.3) is 5.89 Å². The molecule has 1 N–H and O–H groups in total. The van der Waals surface area contributed by atoms with Gasteiger partial charge in [0.1, 0.15) is 0 Å². The molecule has 0 radical (unpaired) electrons. The molecule has 0 atom stereocenters. The summed E-state index contributed by atoms with van der Waals surface area (Å²) in [5.74, 6) is 0.225. The lowest BCUT2D eigenvalue weighted by molar-refractivity contribution is 0.493. The Hall–Kier alpha value is -1.82. The maximum Gasteiger partial charge on any atom is 0.250 e. The fourth-order valence-corrected chi connectivity index (χ4v) is 1.38. The summed E-state index contributed by atoms with van der Waals surface area (Å²) in [6.45, 7) is 3.67. The number of rotatable bonds is 5. The summed E-state index contributed by atoms with van der Waals surface area (Å²) >= 11 is 0. The van der Waals surface area contributed by atoms with Crippen LogP contribution in [0.3, 0.4) is 0 Å². The molecule has 2 aromatic heterocycles. The molecule has 0 saturated heterocycles. The van der Waals surface area contributed by atoms with Gasteiger partial charge in [-0.2, -0.15) is 0 Å². The van der Waals surface area contributed by atoms with Gasteiger partial charge in [0.2, 0.25) is 5.89 Å². The molecular weight excluding hydrogens is 223 g/mol. The fraction of sp³-hybridized carbons (Fsp3) is 0.364. The second-order valence-electron chi connectivity index (χ2n) is 3.46. The van der Waals surface area contributed by atoms with Gasteiger partial charge in [-0.15, -0.1) is 10.2 Å². The highest BCUT2D eigenvalue weighted by Gasteiger charge is 2.12. The molecule has 0 amide bonds. The van der Waals surface area contributed by atoms with Crippen LogP contribution in [-0.4, -0.2) is 28.3 Å². The Kier molecular flexibility index (Phi) is 3.77. The van der Waals surface area contributed by atoms with Crippen LogP contribution < -0.4 is 5.32 Å². The van der Waals surface area contributed by atoms with E-state index < -0.39 is 5.82 Å². The minimum atomic E-state index is -0.464. The third-order valence-corrected chi connectivity index (χ3v) is 2.24. The lowest BCUT2D eigenvalue weighted by Crippen LogP contribution is -2.16. The first-order valence-corrected chi connectivity index (χ1v) is 5.44. The van der Waals surface area contributed by atoms with E-state index in [2.05, 4.69) is 20.5 Å². The van der Waals surface area contributed by atoms with Crippen LogP contribution in [0.15, 0.2) is 22.9 Å². The SMILES string of the molecule is CCNCCc1nnc(-c2ccncc2F)o1. The molecule has 0 unspecified atom stereocenters. The second kappa shape index (κ2) is 5.49. The first kappa shape index (κ1) is 11.7. The molecule has 0 bridgehead atoms. The van der Waals surface area contributed by atoms with Crippen LogP contribution in [0, 0.1) is 5.82 Å². The van der Waals surface area contributed by atoms with E-state index >= 15 is 0 Å². The van der Waals surface area contributed by atoms with Crippen molar-refractivity contribution in [2.45, 2.75) is 13.3 Å². The minimum Gasteiger partial charge on any atom is -0.421 e. The summed E-state index contributed by atoms with van der Waals surface area (Å²) < 4.78 is 18.8. The molecule has 2 rings (SSSR count). The number of hydrogen-bond acceptors (Lipinski definition) is 5. The van der Waals surface area contributed by atoms with Crippen LogP contribution in [0.5, 0.6) is 0 Å². The number of hydrogen-bond donors (Lipinski definition) is 1. The summed E-state index contributed by atoms with van der Waals surface area (Å²) in [5.41, 5.74) is 0.280. The van der Waals surface area contributed by atoms with E-state index in [1.165, 1.54) is 12.3 Å². The maximum absolute atomic E-state index is 13.4. The zero-order valence-electron chi connectivity index (χ0n) is 9.48. The molecule has 0 aliphatic heterocycles. The van der Waals surface area contributed by atoms with Crippen LogP contribution in [0.2, 0.25) is 0 Å². The Morgan fingerprint density at radius 2 is 2.29 bits per heavy atom. The van der Waals surface area contributed by atoms with Crippen LogP contribution >= 0.6 is 0 Å². The zero-order valence-corrected chi connectivity index (χ0v) is 9.48. The highest BCUT2D eigenvalue weighted by molar-refractivity contribution is 5.51. The van der Waals surface area contributed by atoms with E-state index in [1.807, 2.05) is 6.92 Å². The van der Waals surface area contributed by atoms with Gasteiger partial charge in [-0.05, 0) is 12.6 Å². The van der Waals surface area contributed by atoms with E-state index in [9.17, 15) is 4.39 Å². The summed E-state index contributed by atoms with van der Waals surface area (Å²) in [4.78, 5) is 3.66. The Labute approximate surface area is 98.1 Å². The van der Waals surface area contributed by atoms with Crippen molar-refractivity contribution >= 4 is 0 Å². The average molecular weight is 236 g/mol. The molecule has 2 aromatic rings. The Morgan fingerprint density at radius 1 is 1.41 bits per heavy atom. The molecule has 0 saturated carbocycles. The van der Waals surface area contributed by atoms with Gasteiger partial charge in [-0.3, -0.25) is 4.98 Å². The van der Waals surface area contributed by atoms with E-state index in [0.29, 0.717) is 12.3 Å². The summed E-state index contributed by atoms with van der Waals surface area (Å²) in [6, 6.07) is 1.51. The van der Waals surface area contributed by atoms with E-state index in [0.717, 1.165) is 19.3 Å². The Morgan fingerprint density at radius 3 is 3.06 bits per heavy atom. The van der Waals surface area contributed by atoms with E-state index in [4.69, 9.17) is 4.42 Å². The number of pyridine rings is 1. The fourth-order valence-electron chi connectivity index (χ4n) is 1.38. The number of nitrogens with one attached hydrogen (secondary N) is 1. The summed E-state index contributed by atoms with van der Waals surface area (Å²) in [6.07, 6.45) is 3.24. The highest BCUT2D eigenvalue weighted by atomic mass is 19.1. The first-order chi connectivity index (χ1) is 8.31. The quantitative estimate of drug-likeness (QED) is 0.795. The van der Waals surface area contributed by atoms with Gasteiger partial charge in [-0.25, -0.2) is 4.39 Å². The van der Waals surface area contributed by atoms with Gasteiger partial charge >= 0.3 is 0 Å². The number of halogens is 1. The molecule has 0 spiro atoms. The Balaban J connectivity index is 2.10. The number of aromatic nitrogens is 3. The third-order valence-electron chi connectivity index (χ3n) is 2.24. The molecule has 0 aromatic carbocycles. The molecule has 0 fully saturated rings.